The lowest BCUT2D eigenvalue weighted by atomic mass is 10.2. The van der Waals surface area contributed by atoms with Crippen LogP contribution in [-0.4, -0.2) is 14.7 Å². The third-order valence-electron chi connectivity index (χ3n) is 2.00. The molecule has 5 heteroatoms. The first kappa shape index (κ1) is 9.71. The summed E-state index contributed by atoms with van der Waals surface area (Å²) in [6.45, 7) is 0. The van der Waals surface area contributed by atoms with E-state index in [1.165, 1.54) is 11.3 Å². The van der Waals surface area contributed by atoms with Crippen LogP contribution in [0.2, 0.25) is 4.34 Å². The molecule has 0 aliphatic rings. The van der Waals surface area contributed by atoms with Crippen LogP contribution in [-0.2, 0) is 7.05 Å². The number of aliphatic hydroxyl groups excluding tert-OH is 1. The van der Waals surface area contributed by atoms with Crippen molar-refractivity contribution in [2.24, 2.45) is 7.05 Å². The topological polar surface area (TPSA) is 38.0 Å². The zero-order valence-corrected chi connectivity index (χ0v) is 9.09. The van der Waals surface area contributed by atoms with Crippen molar-refractivity contribution in [2.45, 2.75) is 6.10 Å². The number of rotatable bonds is 2. The Kier molecular flexibility index (Phi) is 2.58. The molecular weight excluding hydrogens is 220 g/mol. The summed E-state index contributed by atoms with van der Waals surface area (Å²) in [6.07, 6.45) is 2.67. The highest BCUT2D eigenvalue weighted by molar-refractivity contribution is 7.16. The second kappa shape index (κ2) is 3.73. The van der Waals surface area contributed by atoms with Gasteiger partial charge in [-0.3, -0.25) is 0 Å². The molecular formula is C9H9ClN2OS. The van der Waals surface area contributed by atoms with Gasteiger partial charge in [-0.05, 0) is 12.1 Å². The van der Waals surface area contributed by atoms with E-state index in [0.717, 1.165) is 10.6 Å². The van der Waals surface area contributed by atoms with Crippen molar-refractivity contribution >= 4 is 22.9 Å². The van der Waals surface area contributed by atoms with Crippen molar-refractivity contribution in [3.05, 3.63) is 39.6 Å². The van der Waals surface area contributed by atoms with Gasteiger partial charge in [-0.15, -0.1) is 11.3 Å². The van der Waals surface area contributed by atoms with E-state index in [2.05, 4.69) is 4.98 Å². The molecule has 2 heterocycles. The van der Waals surface area contributed by atoms with Crippen molar-refractivity contribution in [2.75, 3.05) is 0 Å². The van der Waals surface area contributed by atoms with Gasteiger partial charge >= 0.3 is 0 Å². The Labute approximate surface area is 90.6 Å². The number of hydrogen-bond acceptors (Lipinski definition) is 3. The van der Waals surface area contributed by atoms with Crippen molar-refractivity contribution in [3.63, 3.8) is 0 Å². The predicted molar refractivity (Wildman–Crippen MR) is 56.6 cm³/mol. The number of nitrogens with zero attached hydrogens (tertiary/aromatic N) is 2. The maximum Gasteiger partial charge on any atom is 0.130 e. The van der Waals surface area contributed by atoms with E-state index in [1.807, 2.05) is 13.1 Å². The summed E-state index contributed by atoms with van der Waals surface area (Å²) in [5.74, 6) is 0. The Hall–Kier alpha value is -0.840. The molecule has 1 N–H and O–H groups in total. The summed E-state index contributed by atoms with van der Waals surface area (Å²) in [5, 5.41) is 9.97. The second-order valence-corrected chi connectivity index (χ2v) is 4.72. The van der Waals surface area contributed by atoms with Crippen molar-refractivity contribution in [3.8, 4) is 0 Å². The number of aromatic nitrogens is 2. The van der Waals surface area contributed by atoms with Gasteiger partial charge in [-0.1, -0.05) is 11.6 Å². The summed E-state index contributed by atoms with van der Waals surface area (Å²) in [7, 11) is 1.85. The van der Waals surface area contributed by atoms with Crippen LogP contribution in [0.3, 0.4) is 0 Å². The molecule has 0 saturated carbocycles. The van der Waals surface area contributed by atoms with E-state index in [9.17, 15) is 5.11 Å². The highest BCUT2D eigenvalue weighted by atomic mass is 35.5. The van der Waals surface area contributed by atoms with Gasteiger partial charge in [0.25, 0.3) is 0 Å². The third kappa shape index (κ3) is 1.68. The van der Waals surface area contributed by atoms with Crippen LogP contribution in [0, 0.1) is 0 Å². The van der Waals surface area contributed by atoms with Gasteiger partial charge < -0.3 is 9.67 Å². The molecule has 0 aliphatic carbocycles. The zero-order chi connectivity index (χ0) is 10.1. The average Bonchev–Trinajstić information content (AvgIpc) is 2.73. The molecule has 0 saturated heterocycles. The molecule has 0 aromatic carbocycles. The molecule has 2 aromatic heterocycles. The Balaban J connectivity index is 2.33. The van der Waals surface area contributed by atoms with Gasteiger partial charge in [0.05, 0.1) is 22.6 Å². The number of imidazole rings is 1. The molecule has 0 radical (unpaired) electrons. The standard InChI is InChI=1S/C9H9ClN2OS/c1-12-5-11-4-6(12)9(13)7-2-3-8(10)14-7/h2-5,9,13H,1H3. The normalized spacial score (nSPS) is 13.1. The fourth-order valence-corrected chi connectivity index (χ4v) is 2.31. The van der Waals surface area contributed by atoms with E-state index in [4.69, 9.17) is 11.6 Å². The molecule has 1 unspecified atom stereocenters. The molecule has 2 aromatic rings. The molecule has 1 atom stereocenters. The predicted octanol–water partition coefficient (Wildman–Crippen LogP) is 2.22. The van der Waals surface area contributed by atoms with E-state index >= 15 is 0 Å². The SMILES string of the molecule is Cn1cncc1C(O)c1ccc(Cl)s1. The van der Waals surface area contributed by atoms with Gasteiger partial charge in [0, 0.05) is 11.9 Å². The smallest absolute Gasteiger partial charge is 0.130 e. The fourth-order valence-electron chi connectivity index (χ4n) is 1.25. The molecule has 14 heavy (non-hydrogen) atoms. The van der Waals surface area contributed by atoms with Crippen molar-refractivity contribution < 1.29 is 5.11 Å². The first-order valence-electron chi connectivity index (χ1n) is 4.08. The van der Waals surface area contributed by atoms with Crippen LogP contribution in [0.1, 0.15) is 16.7 Å². The number of thiophene rings is 1. The summed E-state index contributed by atoms with van der Waals surface area (Å²) < 4.78 is 2.47. The monoisotopic (exact) mass is 228 g/mol. The van der Waals surface area contributed by atoms with E-state index < -0.39 is 6.10 Å². The molecule has 2 rings (SSSR count). The summed E-state index contributed by atoms with van der Waals surface area (Å²) in [6, 6.07) is 3.60. The number of aryl methyl sites for hydroxylation is 1. The van der Waals surface area contributed by atoms with E-state index in [0.29, 0.717) is 4.34 Å². The maximum atomic E-state index is 9.97. The lowest BCUT2D eigenvalue weighted by Gasteiger charge is -2.08. The van der Waals surface area contributed by atoms with Crippen LogP contribution in [0.15, 0.2) is 24.7 Å². The highest BCUT2D eigenvalue weighted by Crippen LogP contribution is 2.30. The van der Waals surface area contributed by atoms with Crippen molar-refractivity contribution in [1.82, 2.24) is 9.55 Å². The van der Waals surface area contributed by atoms with Crippen LogP contribution < -0.4 is 0 Å². The maximum absolute atomic E-state index is 9.97. The average molecular weight is 229 g/mol. The van der Waals surface area contributed by atoms with Crippen LogP contribution in [0.4, 0.5) is 0 Å². The molecule has 0 fully saturated rings. The molecule has 0 amide bonds. The number of aliphatic hydroxyl groups is 1. The molecule has 0 bridgehead atoms. The summed E-state index contributed by atoms with van der Waals surface area (Å²) in [4.78, 5) is 4.78. The van der Waals surface area contributed by atoms with Gasteiger partial charge in [0.1, 0.15) is 6.10 Å². The molecule has 0 spiro atoms. The molecule has 0 aliphatic heterocycles. The quantitative estimate of drug-likeness (QED) is 0.856. The Bertz CT molecular complexity index is 437. The lowest BCUT2D eigenvalue weighted by Crippen LogP contribution is -2.02. The van der Waals surface area contributed by atoms with Crippen LogP contribution in [0.25, 0.3) is 0 Å². The Morgan fingerprint density at radius 1 is 1.57 bits per heavy atom. The second-order valence-electron chi connectivity index (χ2n) is 2.97. The molecule has 3 nitrogen and oxygen atoms in total. The first-order valence-corrected chi connectivity index (χ1v) is 5.27. The molecule has 74 valence electrons. The minimum absolute atomic E-state index is 0.639. The first-order chi connectivity index (χ1) is 6.68. The number of halogens is 1. The lowest BCUT2D eigenvalue weighted by molar-refractivity contribution is 0.215. The van der Waals surface area contributed by atoms with Crippen LogP contribution >= 0.6 is 22.9 Å². The Morgan fingerprint density at radius 2 is 2.36 bits per heavy atom. The largest absolute Gasteiger partial charge is 0.381 e. The minimum atomic E-state index is -0.639. The van der Waals surface area contributed by atoms with Gasteiger partial charge in [-0.25, -0.2) is 4.98 Å². The van der Waals surface area contributed by atoms with E-state index in [1.54, 1.807) is 23.2 Å². The number of hydrogen-bond donors (Lipinski definition) is 1. The van der Waals surface area contributed by atoms with Gasteiger partial charge in [-0.2, -0.15) is 0 Å². The minimum Gasteiger partial charge on any atom is -0.381 e. The third-order valence-corrected chi connectivity index (χ3v) is 3.28. The Morgan fingerprint density at radius 3 is 2.86 bits per heavy atom. The van der Waals surface area contributed by atoms with E-state index in [-0.39, 0.29) is 0 Å². The van der Waals surface area contributed by atoms with Crippen molar-refractivity contribution in [1.29, 1.82) is 0 Å². The zero-order valence-electron chi connectivity index (χ0n) is 7.51. The van der Waals surface area contributed by atoms with Gasteiger partial charge in [0.2, 0.25) is 0 Å². The highest BCUT2D eigenvalue weighted by Gasteiger charge is 2.15. The fraction of sp³-hybridized carbons (Fsp3) is 0.222. The summed E-state index contributed by atoms with van der Waals surface area (Å²) in [5.41, 5.74) is 0.767. The van der Waals surface area contributed by atoms with Crippen LogP contribution in [0.5, 0.6) is 0 Å². The van der Waals surface area contributed by atoms with Gasteiger partial charge in [0.15, 0.2) is 0 Å². The summed E-state index contributed by atoms with van der Waals surface area (Å²) >= 11 is 7.17.